The molecule has 0 unspecified atom stereocenters. The lowest BCUT2D eigenvalue weighted by atomic mass is 10.3. The first-order chi connectivity index (χ1) is 5.95. The van der Waals surface area contributed by atoms with E-state index in [1.165, 1.54) is 0 Å². The van der Waals surface area contributed by atoms with Crippen LogP contribution in [0.25, 0.3) is 0 Å². The Labute approximate surface area is 84.6 Å². The van der Waals surface area contributed by atoms with Gasteiger partial charge in [0.15, 0.2) is 5.82 Å². The maximum Gasteiger partial charge on any atom is 0.323 e. The molecule has 0 amide bonds. The van der Waals surface area contributed by atoms with Crippen LogP contribution >= 0.6 is 27.5 Å². The normalized spacial score (nSPS) is 10.2. The van der Waals surface area contributed by atoms with E-state index in [1.807, 2.05) is 0 Å². The molecule has 0 saturated heterocycles. The van der Waals surface area contributed by atoms with Crippen LogP contribution in [0.4, 0.5) is 14.5 Å². The van der Waals surface area contributed by atoms with Crippen molar-refractivity contribution in [2.45, 2.75) is 0 Å². The SMILES string of the molecule is O=[N+]([O-])c1c(F)c(F)cc(Cl)c1Br. The van der Waals surface area contributed by atoms with Gasteiger partial charge in [-0.3, -0.25) is 10.1 Å². The average Bonchev–Trinajstić information content (AvgIpc) is 2.01. The molecule has 0 saturated carbocycles. The first-order valence-electron chi connectivity index (χ1n) is 2.92. The molecule has 3 nitrogen and oxygen atoms in total. The molecule has 0 N–H and O–H groups in total. The maximum atomic E-state index is 12.8. The summed E-state index contributed by atoms with van der Waals surface area (Å²) in [6.45, 7) is 0. The Kier molecular flexibility index (Phi) is 2.82. The van der Waals surface area contributed by atoms with Crippen molar-refractivity contribution in [2.24, 2.45) is 0 Å². The Balaban J connectivity index is 3.56. The topological polar surface area (TPSA) is 43.1 Å². The van der Waals surface area contributed by atoms with E-state index < -0.39 is 22.2 Å². The zero-order chi connectivity index (χ0) is 10.2. The smallest absolute Gasteiger partial charge is 0.258 e. The number of nitro groups is 1. The summed E-state index contributed by atoms with van der Waals surface area (Å²) in [5.41, 5.74) is -0.995. The summed E-state index contributed by atoms with van der Waals surface area (Å²) in [4.78, 5) is 9.21. The molecule has 1 rings (SSSR count). The highest BCUT2D eigenvalue weighted by Crippen LogP contribution is 2.35. The molecule has 7 heteroatoms. The zero-order valence-corrected chi connectivity index (χ0v) is 8.19. The molecular formula is C6HBrClF2NO2. The lowest BCUT2D eigenvalue weighted by Crippen LogP contribution is -1.97. The Hall–Kier alpha value is -0.750. The van der Waals surface area contributed by atoms with Gasteiger partial charge >= 0.3 is 5.69 Å². The van der Waals surface area contributed by atoms with E-state index in [-0.39, 0.29) is 9.50 Å². The summed E-state index contributed by atoms with van der Waals surface area (Å²) < 4.78 is 25.1. The van der Waals surface area contributed by atoms with E-state index in [4.69, 9.17) is 11.6 Å². The number of benzene rings is 1. The fraction of sp³-hybridized carbons (Fsp3) is 0. The third kappa shape index (κ3) is 1.78. The van der Waals surface area contributed by atoms with Crippen LogP contribution in [0.15, 0.2) is 10.5 Å². The minimum atomic E-state index is -1.53. The highest BCUT2D eigenvalue weighted by atomic mass is 79.9. The quantitative estimate of drug-likeness (QED) is 0.447. The lowest BCUT2D eigenvalue weighted by molar-refractivity contribution is -0.388. The molecule has 0 aliphatic carbocycles. The van der Waals surface area contributed by atoms with Crippen LogP contribution in [-0.2, 0) is 0 Å². The van der Waals surface area contributed by atoms with E-state index in [2.05, 4.69) is 15.9 Å². The lowest BCUT2D eigenvalue weighted by Gasteiger charge is -1.99. The van der Waals surface area contributed by atoms with Crippen molar-refractivity contribution in [1.82, 2.24) is 0 Å². The van der Waals surface area contributed by atoms with Crippen molar-refractivity contribution in [3.63, 3.8) is 0 Å². The Morgan fingerprint density at radius 2 is 2.08 bits per heavy atom. The van der Waals surface area contributed by atoms with Gasteiger partial charge in [-0.1, -0.05) is 11.6 Å². The molecule has 0 fully saturated rings. The number of nitro benzene ring substituents is 1. The molecule has 13 heavy (non-hydrogen) atoms. The minimum absolute atomic E-state index is 0.245. The van der Waals surface area contributed by atoms with Crippen LogP contribution in [0.5, 0.6) is 0 Å². The summed E-state index contributed by atoms with van der Waals surface area (Å²) >= 11 is 8.06. The van der Waals surface area contributed by atoms with Gasteiger partial charge in [0.1, 0.15) is 4.47 Å². The van der Waals surface area contributed by atoms with Crippen molar-refractivity contribution < 1.29 is 13.7 Å². The van der Waals surface area contributed by atoms with Gasteiger partial charge < -0.3 is 0 Å². The van der Waals surface area contributed by atoms with E-state index in [0.29, 0.717) is 6.07 Å². The standard InChI is InChI=1S/C6HBrClF2NO2/c7-4-2(8)1-3(9)5(10)6(4)11(12)13/h1H. The van der Waals surface area contributed by atoms with Gasteiger partial charge in [0.05, 0.1) is 9.95 Å². The second-order valence-electron chi connectivity index (χ2n) is 2.07. The number of hydrogen-bond acceptors (Lipinski definition) is 2. The first kappa shape index (κ1) is 10.3. The molecule has 0 radical (unpaired) electrons. The third-order valence-corrected chi connectivity index (χ3v) is 2.60. The fourth-order valence-electron chi connectivity index (χ4n) is 0.721. The van der Waals surface area contributed by atoms with Crippen LogP contribution < -0.4 is 0 Å². The molecule has 0 bridgehead atoms. The van der Waals surface area contributed by atoms with Crippen LogP contribution in [-0.4, -0.2) is 4.92 Å². The van der Waals surface area contributed by atoms with Gasteiger partial charge in [-0.25, -0.2) is 4.39 Å². The summed E-state index contributed by atoms with van der Waals surface area (Å²) in [5.74, 6) is -2.87. The third-order valence-electron chi connectivity index (χ3n) is 1.27. The van der Waals surface area contributed by atoms with Crippen LogP contribution in [0.2, 0.25) is 5.02 Å². The van der Waals surface area contributed by atoms with Gasteiger partial charge in [0.2, 0.25) is 5.82 Å². The summed E-state index contributed by atoms with van der Waals surface area (Å²) in [5, 5.41) is 10.0. The largest absolute Gasteiger partial charge is 0.323 e. The predicted octanol–water partition coefficient (Wildman–Crippen LogP) is 3.29. The summed E-state index contributed by atoms with van der Waals surface area (Å²) in [6, 6.07) is 0.661. The van der Waals surface area contributed by atoms with Crippen molar-refractivity contribution >= 4 is 33.2 Å². The molecule has 1 aromatic carbocycles. The highest BCUT2D eigenvalue weighted by Gasteiger charge is 2.25. The highest BCUT2D eigenvalue weighted by molar-refractivity contribution is 9.10. The van der Waals surface area contributed by atoms with Crippen molar-refractivity contribution in [3.8, 4) is 0 Å². The van der Waals surface area contributed by atoms with E-state index in [1.54, 1.807) is 0 Å². The van der Waals surface area contributed by atoms with Gasteiger partial charge in [-0.15, -0.1) is 0 Å². The molecule has 0 spiro atoms. The number of hydrogen-bond donors (Lipinski definition) is 0. The molecule has 0 atom stereocenters. The van der Waals surface area contributed by atoms with Crippen molar-refractivity contribution in [3.05, 3.63) is 37.3 Å². The predicted molar refractivity (Wildman–Crippen MR) is 45.7 cm³/mol. The fourth-order valence-corrected chi connectivity index (χ4v) is 1.34. The van der Waals surface area contributed by atoms with Gasteiger partial charge in [0.25, 0.3) is 0 Å². The molecule has 0 aliphatic rings. The Bertz CT molecular complexity index is 359. The number of nitrogens with zero attached hydrogens (tertiary/aromatic N) is 1. The Morgan fingerprint density at radius 3 is 2.54 bits per heavy atom. The van der Waals surface area contributed by atoms with E-state index in [0.717, 1.165) is 0 Å². The van der Waals surface area contributed by atoms with E-state index in [9.17, 15) is 18.9 Å². The van der Waals surface area contributed by atoms with E-state index >= 15 is 0 Å². The molecule has 1 aromatic rings. The number of rotatable bonds is 1. The molecule has 0 aromatic heterocycles. The van der Waals surface area contributed by atoms with Gasteiger partial charge in [-0.2, -0.15) is 4.39 Å². The average molecular weight is 272 g/mol. The second-order valence-corrected chi connectivity index (χ2v) is 3.27. The Morgan fingerprint density at radius 1 is 1.54 bits per heavy atom. The number of halogens is 4. The second kappa shape index (κ2) is 3.55. The van der Waals surface area contributed by atoms with Crippen LogP contribution in [0, 0.1) is 21.7 Å². The molecule has 70 valence electrons. The van der Waals surface area contributed by atoms with Crippen molar-refractivity contribution in [2.75, 3.05) is 0 Å². The summed E-state index contributed by atoms with van der Waals surface area (Å²) in [6.07, 6.45) is 0. The van der Waals surface area contributed by atoms with Gasteiger partial charge in [0, 0.05) is 0 Å². The summed E-state index contributed by atoms with van der Waals surface area (Å²) in [7, 11) is 0. The first-order valence-corrected chi connectivity index (χ1v) is 4.09. The maximum absolute atomic E-state index is 12.8. The minimum Gasteiger partial charge on any atom is -0.258 e. The van der Waals surface area contributed by atoms with Crippen LogP contribution in [0.1, 0.15) is 0 Å². The van der Waals surface area contributed by atoms with Crippen LogP contribution in [0.3, 0.4) is 0 Å². The molecule has 0 heterocycles. The molecule has 0 aliphatic heterocycles. The molecular weight excluding hydrogens is 271 g/mol. The zero-order valence-electron chi connectivity index (χ0n) is 5.85. The van der Waals surface area contributed by atoms with Crippen molar-refractivity contribution in [1.29, 1.82) is 0 Å². The van der Waals surface area contributed by atoms with Gasteiger partial charge in [-0.05, 0) is 22.0 Å². The monoisotopic (exact) mass is 271 g/mol.